The van der Waals surface area contributed by atoms with Crippen LogP contribution in [0.1, 0.15) is 11.1 Å². The molecule has 0 saturated carbocycles. The molecule has 27 heavy (non-hydrogen) atoms. The van der Waals surface area contributed by atoms with Crippen molar-refractivity contribution >= 4 is 23.4 Å². The first kappa shape index (κ1) is 18.2. The Morgan fingerprint density at radius 3 is 3.00 bits per heavy atom. The van der Waals surface area contributed by atoms with Crippen LogP contribution in [0.3, 0.4) is 0 Å². The fraction of sp³-hybridized carbons (Fsp3) is 0.263. The van der Waals surface area contributed by atoms with Gasteiger partial charge >= 0.3 is 0 Å². The summed E-state index contributed by atoms with van der Waals surface area (Å²) in [5.74, 6) is 3.10. The van der Waals surface area contributed by atoms with Crippen molar-refractivity contribution in [3.63, 3.8) is 0 Å². The Morgan fingerprint density at radius 2 is 2.15 bits per heavy atom. The minimum Gasteiger partial charge on any atom is -0.497 e. The van der Waals surface area contributed by atoms with Crippen molar-refractivity contribution in [2.75, 3.05) is 13.9 Å². The van der Waals surface area contributed by atoms with Crippen LogP contribution in [0, 0.1) is 0 Å². The average molecular weight is 404 g/mol. The van der Waals surface area contributed by atoms with Crippen molar-refractivity contribution in [2.45, 2.75) is 17.5 Å². The summed E-state index contributed by atoms with van der Waals surface area (Å²) in [5.41, 5.74) is 2.95. The molecule has 140 valence electrons. The fourth-order valence-electron chi connectivity index (χ4n) is 2.96. The van der Waals surface area contributed by atoms with E-state index in [4.69, 9.17) is 25.8 Å². The fourth-order valence-corrected chi connectivity index (χ4v) is 4.10. The molecule has 4 rings (SSSR count). The molecule has 0 atom stereocenters. The van der Waals surface area contributed by atoms with E-state index >= 15 is 0 Å². The van der Waals surface area contributed by atoms with Gasteiger partial charge in [-0.15, -0.1) is 10.2 Å². The largest absolute Gasteiger partial charge is 0.497 e. The predicted octanol–water partition coefficient (Wildman–Crippen LogP) is 4.30. The topological polar surface area (TPSA) is 58.4 Å². The van der Waals surface area contributed by atoms with Crippen molar-refractivity contribution in [2.24, 2.45) is 7.05 Å². The van der Waals surface area contributed by atoms with Crippen LogP contribution < -0.4 is 9.47 Å². The molecule has 1 aliphatic rings. The second kappa shape index (κ2) is 7.80. The number of hydrogen-bond donors (Lipinski definition) is 0. The standard InChI is InChI=1S/C19H18ClN3O3S/c1-23-18(12-4-3-5-16(8-12)24-2)21-22-19(23)27-10-14-7-15(20)6-13-9-25-11-26-17(13)14/h3-8H,9-11H2,1-2H3. The summed E-state index contributed by atoms with van der Waals surface area (Å²) in [7, 11) is 3.60. The summed E-state index contributed by atoms with van der Waals surface area (Å²) in [6, 6.07) is 11.6. The lowest BCUT2D eigenvalue weighted by molar-refractivity contribution is -0.0168. The van der Waals surface area contributed by atoms with Crippen molar-refractivity contribution in [1.29, 1.82) is 0 Å². The van der Waals surface area contributed by atoms with Crippen molar-refractivity contribution < 1.29 is 14.2 Å². The van der Waals surface area contributed by atoms with Gasteiger partial charge in [0.2, 0.25) is 0 Å². The van der Waals surface area contributed by atoms with E-state index in [-0.39, 0.29) is 6.79 Å². The van der Waals surface area contributed by atoms with E-state index in [0.717, 1.165) is 39.2 Å². The summed E-state index contributed by atoms with van der Waals surface area (Å²) in [6.45, 7) is 0.772. The van der Waals surface area contributed by atoms with E-state index in [2.05, 4.69) is 10.2 Å². The van der Waals surface area contributed by atoms with E-state index in [1.807, 2.05) is 48.0 Å². The molecule has 8 heteroatoms. The van der Waals surface area contributed by atoms with E-state index in [1.165, 1.54) is 0 Å². The minimum atomic E-state index is 0.260. The van der Waals surface area contributed by atoms with Gasteiger partial charge < -0.3 is 18.8 Å². The molecular weight excluding hydrogens is 386 g/mol. The number of halogens is 1. The van der Waals surface area contributed by atoms with Crippen LogP contribution in [0.15, 0.2) is 41.6 Å². The first-order valence-corrected chi connectivity index (χ1v) is 9.70. The molecule has 6 nitrogen and oxygen atoms in total. The maximum Gasteiger partial charge on any atom is 0.191 e. The van der Waals surface area contributed by atoms with Gasteiger partial charge in [0.25, 0.3) is 0 Å². The van der Waals surface area contributed by atoms with Gasteiger partial charge in [0, 0.05) is 34.5 Å². The molecule has 0 spiro atoms. The monoisotopic (exact) mass is 403 g/mol. The lowest BCUT2D eigenvalue weighted by Gasteiger charge is -2.20. The first-order chi connectivity index (χ1) is 13.2. The highest BCUT2D eigenvalue weighted by Gasteiger charge is 2.18. The maximum absolute atomic E-state index is 6.24. The molecule has 0 aliphatic carbocycles. The third-order valence-electron chi connectivity index (χ3n) is 4.27. The molecule has 0 N–H and O–H groups in total. The van der Waals surface area contributed by atoms with Crippen molar-refractivity contribution in [3.05, 3.63) is 52.5 Å². The van der Waals surface area contributed by atoms with Crippen LogP contribution in [-0.4, -0.2) is 28.7 Å². The van der Waals surface area contributed by atoms with Crippen molar-refractivity contribution in [3.8, 4) is 22.9 Å². The minimum absolute atomic E-state index is 0.260. The summed E-state index contributed by atoms with van der Waals surface area (Å²) in [5, 5.41) is 10.2. The van der Waals surface area contributed by atoms with Gasteiger partial charge in [0.15, 0.2) is 17.8 Å². The van der Waals surface area contributed by atoms with Crippen LogP contribution >= 0.6 is 23.4 Å². The Bertz CT molecular complexity index is 977. The van der Waals surface area contributed by atoms with Crippen LogP contribution in [0.4, 0.5) is 0 Å². The number of thioether (sulfide) groups is 1. The lowest BCUT2D eigenvalue weighted by atomic mass is 10.1. The number of methoxy groups -OCH3 is 1. The number of hydrogen-bond acceptors (Lipinski definition) is 6. The van der Waals surface area contributed by atoms with Gasteiger partial charge in [-0.2, -0.15) is 0 Å². The highest BCUT2D eigenvalue weighted by molar-refractivity contribution is 7.98. The first-order valence-electron chi connectivity index (χ1n) is 8.34. The highest BCUT2D eigenvalue weighted by atomic mass is 35.5. The molecule has 0 saturated heterocycles. The Labute approximate surface area is 166 Å². The molecule has 0 amide bonds. The third-order valence-corrected chi connectivity index (χ3v) is 5.56. The Hall–Kier alpha value is -2.22. The van der Waals surface area contributed by atoms with Gasteiger partial charge in [-0.1, -0.05) is 35.5 Å². The average Bonchev–Trinajstić information content (AvgIpc) is 3.06. The number of benzene rings is 2. The molecule has 3 aromatic rings. The van der Waals surface area contributed by atoms with Gasteiger partial charge in [0.05, 0.1) is 13.7 Å². The SMILES string of the molecule is COc1cccc(-c2nnc(SCc3cc(Cl)cc4c3OCOC4)n2C)c1. The number of rotatable bonds is 5. The Kier molecular flexibility index (Phi) is 5.24. The van der Waals surface area contributed by atoms with Gasteiger partial charge in [-0.05, 0) is 24.3 Å². The normalized spacial score (nSPS) is 13.1. The highest BCUT2D eigenvalue weighted by Crippen LogP contribution is 2.35. The number of fused-ring (bicyclic) bond motifs is 1. The zero-order valence-electron chi connectivity index (χ0n) is 14.9. The zero-order chi connectivity index (χ0) is 18.8. The summed E-state index contributed by atoms with van der Waals surface area (Å²) < 4.78 is 18.3. The van der Waals surface area contributed by atoms with E-state index in [9.17, 15) is 0 Å². The van der Waals surface area contributed by atoms with Gasteiger partial charge in [0.1, 0.15) is 11.5 Å². The molecule has 1 aromatic heterocycles. The smallest absolute Gasteiger partial charge is 0.191 e. The molecule has 2 aromatic carbocycles. The van der Waals surface area contributed by atoms with E-state index in [1.54, 1.807) is 18.9 Å². The molecular formula is C19H18ClN3O3S. The number of aromatic nitrogens is 3. The van der Waals surface area contributed by atoms with Crippen LogP contribution in [-0.2, 0) is 24.1 Å². The van der Waals surface area contributed by atoms with E-state index in [0.29, 0.717) is 17.4 Å². The number of nitrogens with zero attached hydrogens (tertiary/aromatic N) is 3. The van der Waals surface area contributed by atoms with Crippen LogP contribution in [0.25, 0.3) is 11.4 Å². The molecule has 1 aliphatic heterocycles. The molecule has 2 heterocycles. The molecule has 0 unspecified atom stereocenters. The number of ether oxygens (including phenoxy) is 3. The van der Waals surface area contributed by atoms with Gasteiger partial charge in [-0.3, -0.25) is 0 Å². The summed E-state index contributed by atoms with van der Waals surface area (Å²) in [6.07, 6.45) is 0. The van der Waals surface area contributed by atoms with Crippen molar-refractivity contribution in [1.82, 2.24) is 14.8 Å². The molecule has 0 bridgehead atoms. The second-order valence-electron chi connectivity index (χ2n) is 6.05. The Morgan fingerprint density at radius 1 is 1.26 bits per heavy atom. The van der Waals surface area contributed by atoms with Crippen LogP contribution in [0.5, 0.6) is 11.5 Å². The van der Waals surface area contributed by atoms with Crippen LogP contribution in [0.2, 0.25) is 5.02 Å². The maximum atomic E-state index is 6.24. The van der Waals surface area contributed by atoms with E-state index < -0.39 is 0 Å². The lowest BCUT2D eigenvalue weighted by Crippen LogP contribution is -2.13. The third kappa shape index (κ3) is 3.76. The molecule has 0 radical (unpaired) electrons. The zero-order valence-corrected chi connectivity index (χ0v) is 16.5. The van der Waals surface area contributed by atoms with Gasteiger partial charge in [-0.25, -0.2) is 0 Å². The summed E-state index contributed by atoms with van der Waals surface area (Å²) in [4.78, 5) is 0. The quantitative estimate of drug-likeness (QED) is 0.592. The second-order valence-corrected chi connectivity index (χ2v) is 7.43. The molecule has 0 fully saturated rings. The summed E-state index contributed by atoms with van der Waals surface area (Å²) >= 11 is 7.83. The predicted molar refractivity (Wildman–Crippen MR) is 104 cm³/mol. The Balaban J connectivity index is 1.56.